The third-order valence-electron chi connectivity index (χ3n) is 2.20. The normalized spacial score (nSPS) is 11.2. The summed E-state index contributed by atoms with van der Waals surface area (Å²) in [4.78, 5) is 18.9. The fraction of sp³-hybridized carbons (Fsp3) is 0.167. The second-order valence-electron chi connectivity index (χ2n) is 3.61. The Morgan fingerprint density at radius 1 is 1.35 bits per heavy atom. The Hall–Kier alpha value is -1.46. The minimum absolute atomic E-state index is 0.0391. The lowest BCUT2D eigenvalue weighted by molar-refractivity contribution is 0.105. The third-order valence-corrected chi connectivity index (χ3v) is 4.16. The average molecular weight is 264 g/mol. The van der Waals surface area contributed by atoms with E-state index in [1.165, 1.54) is 16.2 Å². The van der Waals surface area contributed by atoms with Crippen LogP contribution in [0.3, 0.4) is 0 Å². The van der Waals surface area contributed by atoms with Gasteiger partial charge in [-0.2, -0.15) is 0 Å². The zero-order valence-corrected chi connectivity index (χ0v) is 11.2. The number of aromatic nitrogens is 1. The van der Waals surface area contributed by atoms with Crippen LogP contribution < -0.4 is 5.73 Å². The number of thiazole rings is 1. The Balaban J connectivity index is 2.17. The van der Waals surface area contributed by atoms with Crippen molar-refractivity contribution in [3.05, 3.63) is 38.5 Å². The van der Waals surface area contributed by atoms with Gasteiger partial charge in [0.1, 0.15) is 0 Å². The number of nitrogen functional groups attached to an aromatic ring is 1. The molecule has 2 N–H and O–H groups in total. The summed E-state index contributed by atoms with van der Waals surface area (Å²) in [5.41, 5.74) is 6.26. The molecule has 2 aromatic rings. The molecule has 3 nitrogen and oxygen atoms in total. The number of hydrogen-bond donors (Lipinski definition) is 1. The zero-order chi connectivity index (χ0) is 12.4. The highest BCUT2D eigenvalue weighted by Gasteiger charge is 2.11. The maximum atomic E-state index is 11.9. The van der Waals surface area contributed by atoms with E-state index in [9.17, 15) is 4.79 Å². The molecule has 2 rings (SSSR count). The Bertz CT molecular complexity index is 581. The van der Waals surface area contributed by atoms with Crippen LogP contribution in [0.2, 0.25) is 0 Å². The molecule has 0 atom stereocenters. The first-order valence-electron chi connectivity index (χ1n) is 5.08. The van der Waals surface area contributed by atoms with Crippen LogP contribution >= 0.6 is 22.7 Å². The molecule has 0 amide bonds. The van der Waals surface area contributed by atoms with E-state index < -0.39 is 0 Å². The second kappa shape index (κ2) is 4.81. The van der Waals surface area contributed by atoms with Crippen molar-refractivity contribution < 1.29 is 4.79 Å². The first-order chi connectivity index (χ1) is 8.06. The molecule has 0 bridgehead atoms. The maximum Gasteiger partial charge on any atom is 0.197 e. The lowest BCUT2D eigenvalue weighted by Gasteiger charge is -1.90. The van der Waals surface area contributed by atoms with Crippen molar-refractivity contribution >= 4 is 39.7 Å². The number of aryl methyl sites for hydroxylation is 2. The molecule has 0 aliphatic rings. The van der Waals surface area contributed by atoms with Crippen LogP contribution in [0.5, 0.6) is 0 Å². The van der Waals surface area contributed by atoms with Gasteiger partial charge in [-0.25, -0.2) is 4.98 Å². The van der Waals surface area contributed by atoms with Crippen LogP contribution in [0.25, 0.3) is 6.08 Å². The molecule has 0 aliphatic carbocycles. The molecule has 0 fully saturated rings. The summed E-state index contributed by atoms with van der Waals surface area (Å²) >= 11 is 2.89. The molecule has 5 heteroatoms. The summed E-state index contributed by atoms with van der Waals surface area (Å²) in [6.45, 7) is 3.83. The number of nitrogens with two attached hydrogens (primary N) is 1. The largest absolute Gasteiger partial charge is 0.375 e. The highest BCUT2D eigenvalue weighted by Crippen LogP contribution is 2.22. The Morgan fingerprint density at radius 3 is 2.65 bits per heavy atom. The fourth-order valence-electron chi connectivity index (χ4n) is 1.42. The van der Waals surface area contributed by atoms with Crippen molar-refractivity contribution in [3.8, 4) is 0 Å². The van der Waals surface area contributed by atoms with Crippen LogP contribution in [0.1, 0.15) is 25.1 Å². The van der Waals surface area contributed by atoms with Gasteiger partial charge in [0, 0.05) is 9.75 Å². The smallest absolute Gasteiger partial charge is 0.197 e. The summed E-state index contributed by atoms with van der Waals surface area (Å²) in [5, 5.41) is 0.436. The topological polar surface area (TPSA) is 56.0 Å². The number of nitrogens with zero attached hydrogens (tertiary/aromatic N) is 1. The summed E-state index contributed by atoms with van der Waals surface area (Å²) in [5.74, 6) is -0.0391. The summed E-state index contributed by atoms with van der Waals surface area (Å²) in [7, 11) is 0. The van der Waals surface area contributed by atoms with Gasteiger partial charge in [0.2, 0.25) is 0 Å². The Morgan fingerprint density at radius 2 is 2.12 bits per heavy atom. The molecule has 0 aliphatic heterocycles. The number of hydrogen-bond acceptors (Lipinski definition) is 5. The van der Waals surface area contributed by atoms with Gasteiger partial charge in [-0.05, 0) is 38.1 Å². The number of rotatable bonds is 3. The van der Waals surface area contributed by atoms with Gasteiger partial charge in [0.05, 0.1) is 10.6 Å². The summed E-state index contributed by atoms with van der Waals surface area (Å²) in [6.07, 6.45) is 3.40. The number of allylic oxidation sites excluding steroid dienone is 1. The monoisotopic (exact) mass is 264 g/mol. The van der Waals surface area contributed by atoms with Crippen molar-refractivity contribution in [2.75, 3.05) is 5.73 Å². The predicted octanol–water partition coefficient (Wildman–Crippen LogP) is 3.30. The van der Waals surface area contributed by atoms with Crippen LogP contribution in [0, 0.1) is 13.8 Å². The number of carbonyl (C=O) groups is 1. The van der Waals surface area contributed by atoms with Crippen LogP contribution in [-0.4, -0.2) is 10.8 Å². The zero-order valence-electron chi connectivity index (χ0n) is 9.56. The molecule has 2 heterocycles. The van der Waals surface area contributed by atoms with E-state index in [0.717, 1.165) is 4.88 Å². The van der Waals surface area contributed by atoms with Crippen LogP contribution in [-0.2, 0) is 0 Å². The minimum Gasteiger partial charge on any atom is -0.375 e. The number of anilines is 1. The molecular formula is C12H12N2OS2. The van der Waals surface area contributed by atoms with E-state index in [1.807, 2.05) is 25.1 Å². The Kier molecular flexibility index (Phi) is 3.40. The van der Waals surface area contributed by atoms with Gasteiger partial charge in [-0.3, -0.25) is 4.79 Å². The van der Waals surface area contributed by atoms with Gasteiger partial charge in [-0.1, -0.05) is 11.3 Å². The number of thiophene rings is 1. The number of carbonyl (C=O) groups excluding carboxylic acids is 1. The van der Waals surface area contributed by atoms with Crippen LogP contribution in [0.15, 0.2) is 18.2 Å². The minimum atomic E-state index is -0.0391. The van der Waals surface area contributed by atoms with E-state index in [2.05, 4.69) is 4.98 Å². The van der Waals surface area contributed by atoms with E-state index in [0.29, 0.717) is 15.7 Å². The molecule has 0 spiro atoms. The highest BCUT2D eigenvalue weighted by atomic mass is 32.1. The quantitative estimate of drug-likeness (QED) is 0.683. The van der Waals surface area contributed by atoms with Gasteiger partial charge in [0.25, 0.3) is 0 Å². The van der Waals surface area contributed by atoms with Crippen molar-refractivity contribution in [1.29, 1.82) is 0 Å². The van der Waals surface area contributed by atoms with Crippen molar-refractivity contribution in [2.45, 2.75) is 13.8 Å². The van der Waals surface area contributed by atoms with Crippen molar-refractivity contribution in [3.63, 3.8) is 0 Å². The lowest BCUT2D eigenvalue weighted by Crippen LogP contribution is -1.92. The molecular weight excluding hydrogens is 252 g/mol. The molecule has 0 saturated heterocycles. The van der Waals surface area contributed by atoms with E-state index in [4.69, 9.17) is 5.73 Å². The van der Waals surface area contributed by atoms with Gasteiger partial charge < -0.3 is 5.73 Å². The number of ketones is 1. The van der Waals surface area contributed by atoms with Gasteiger partial charge >= 0.3 is 0 Å². The molecule has 0 unspecified atom stereocenters. The summed E-state index contributed by atoms with van der Waals surface area (Å²) in [6, 6.07) is 4.03. The molecule has 88 valence electrons. The molecule has 2 aromatic heterocycles. The van der Waals surface area contributed by atoms with Gasteiger partial charge in [-0.15, -0.1) is 11.3 Å². The SMILES string of the molecule is Cc1ccc(/C=C/C(=O)c2sc(N)nc2C)s1. The summed E-state index contributed by atoms with van der Waals surface area (Å²) < 4.78 is 0. The fourth-order valence-corrected chi connectivity index (χ4v) is 2.96. The average Bonchev–Trinajstić information content (AvgIpc) is 2.81. The second-order valence-corrected chi connectivity index (χ2v) is 5.96. The molecule has 0 radical (unpaired) electrons. The van der Waals surface area contributed by atoms with E-state index in [-0.39, 0.29) is 5.78 Å². The maximum absolute atomic E-state index is 11.9. The third kappa shape index (κ3) is 2.81. The van der Waals surface area contributed by atoms with E-state index >= 15 is 0 Å². The standard InChI is InChI=1S/C12H12N2OS2/c1-7-3-4-9(16-7)5-6-10(15)11-8(2)14-12(13)17-11/h3-6H,1-2H3,(H2,13,14)/b6-5+. The van der Waals surface area contributed by atoms with Gasteiger partial charge in [0.15, 0.2) is 10.9 Å². The van der Waals surface area contributed by atoms with Crippen molar-refractivity contribution in [2.24, 2.45) is 0 Å². The Labute approximate surface area is 108 Å². The van der Waals surface area contributed by atoms with E-state index in [1.54, 1.807) is 24.3 Å². The first-order valence-corrected chi connectivity index (χ1v) is 6.71. The lowest BCUT2D eigenvalue weighted by atomic mass is 10.2. The first kappa shape index (κ1) is 12.0. The predicted molar refractivity (Wildman–Crippen MR) is 73.7 cm³/mol. The highest BCUT2D eigenvalue weighted by molar-refractivity contribution is 7.17. The van der Waals surface area contributed by atoms with Crippen molar-refractivity contribution in [1.82, 2.24) is 4.98 Å². The molecule has 0 saturated carbocycles. The molecule has 0 aromatic carbocycles. The van der Waals surface area contributed by atoms with Crippen LogP contribution in [0.4, 0.5) is 5.13 Å². The molecule has 17 heavy (non-hydrogen) atoms.